The second-order valence-corrected chi connectivity index (χ2v) is 37.1. The molecule has 0 aliphatic carbocycles. The van der Waals surface area contributed by atoms with Crippen molar-refractivity contribution in [1.29, 1.82) is 0 Å². The molecule has 0 aromatic heterocycles. The van der Waals surface area contributed by atoms with E-state index in [1.165, 1.54) is 76.8 Å². The summed E-state index contributed by atoms with van der Waals surface area (Å²) < 4.78 is 44.0. The van der Waals surface area contributed by atoms with E-state index < -0.39 is 42.3 Å². The summed E-state index contributed by atoms with van der Waals surface area (Å²) >= 11 is 0. The van der Waals surface area contributed by atoms with Crippen molar-refractivity contribution in [1.82, 2.24) is 0 Å². The van der Waals surface area contributed by atoms with Gasteiger partial charge >= 0.3 is 25.7 Å². The van der Waals surface area contributed by atoms with Crippen molar-refractivity contribution in [2.24, 2.45) is 0 Å². The van der Waals surface area contributed by atoms with Crippen molar-refractivity contribution < 1.29 is 111 Å². The largest absolute Gasteiger partial charge is 0.498 e. The van der Waals surface area contributed by atoms with Crippen LogP contribution in [0.4, 0.5) is 0 Å². The fourth-order valence-electron chi connectivity index (χ4n) is 6.76. The van der Waals surface area contributed by atoms with Crippen LogP contribution in [0.3, 0.4) is 0 Å². The molecule has 0 aromatic rings. The van der Waals surface area contributed by atoms with Gasteiger partial charge in [0, 0.05) is 43.4 Å². The minimum Gasteiger partial charge on any atom is -0.498 e. The first-order valence-electron chi connectivity index (χ1n) is 22.5. The van der Waals surface area contributed by atoms with Crippen molar-refractivity contribution >= 4 is 48.6 Å². The van der Waals surface area contributed by atoms with Gasteiger partial charge in [0.25, 0.3) is 6.29 Å². The molecule has 23 nitrogen and oxygen atoms in total. The zero-order chi connectivity index (χ0) is 48.4. The lowest BCUT2D eigenvalue weighted by atomic mass is 10.0. The van der Waals surface area contributed by atoms with Crippen LogP contribution >= 0.6 is 0 Å². The Kier molecular flexibility index (Phi) is 40.7. The highest BCUT2D eigenvalue weighted by atomic mass is 28.5. The summed E-state index contributed by atoms with van der Waals surface area (Å²) in [5.41, 5.74) is 0. The second kappa shape index (κ2) is 41.1. The maximum atomic E-state index is 8.71. The van der Waals surface area contributed by atoms with Crippen LogP contribution in [-0.4, -0.2) is 105 Å². The summed E-state index contributed by atoms with van der Waals surface area (Å²) in [5.74, 6) is 0. The van der Waals surface area contributed by atoms with Crippen molar-refractivity contribution in [3.63, 3.8) is 0 Å². The molecule has 28 heteroatoms. The Morgan fingerprint density at radius 1 is 0.385 bits per heavy atom. The molecule has 0 amide bonds. The number of carbonyl (C=O) groups excluding carboxylic acids is 1. The average Bonchev–Trinajstić information content (AvgIpc) is 3.20. The molecule has 0 saturated carbocycles. The first kappa shape index (κ1) is 64.3. The quantitative estimate of drug-likeness (QED) is 0.0114. The molecule has 2 N–H and O–H groups in total. The number of ether oxygens (including phenoxy) is 3. The van der Waals surface area contributed by atoms with E-state index in [0.29, 0.717) is 26.4 Å². The standard InChI is InChI=1S/C37H82O23Si5/c1-61(2,36-24-29-41-33-32-40-28-23-21-19-17-15-13-11-12-14-16-18-20-22-26-38)57-63(5,6)59-65(9,10)60-64(7,8)58-62(3,4)37-25-30-42-34-35-44-46-48-50-52-54-56-55-53-51-49-47-45-43-31-27-39/h26,34-35,39H,11-25,27-33,36-37H2,1-10H3/p+1/b35-34-. The lowest BCUT2D eigenvalue weighted by molar-refractivity contribution is -0.874. The van der Waals surface area contributed by atoms with Crippen LogP contribution < -0.4 is 0 Å². The summed E-state index contributed by atoms with van der Waals surface area (Å²) in [6.45, 7) is 24.0. The van der Waals surface area contributed by atoms with E-state index in [9.17, 15) is 0 Å². The molecule has 0 aromatic carbocycles. The number of hydrogen-bond acceptors (Lipinski definition) is 22. The highest BCUT2D eigenvalue weighted by molar-refractivity contribution is 6.90. The number of hydrogen-bond donors (Lipinski definition) is 1. The minimum atomic E-state index is -2.60. The van der Waals surface area contributed by atoms with E-state index in [2.05, 4.69) is 136 Å². The van der Waals surface area contributed by atoms with Crippen molar-refractivity contribution in [3.8, 4) is 0 Å². The summed E-state index contributed by atoms with van der Waals surface area (Å²) in [5, 5.41) is 54.1. The van der Waals surface area contributed by atoms with Gasteiger partial charge in [-0.2, -0.15) is 0 Å². The summed E-state index contributed by atoms with van der Waals surface area (Å²) in [7, 11) is -11.8. The summed E-state index contributed by atoms with van der Waals surface area (Å²) in [6.07, 6.45) is 21.4. The Hall–Kier alpha value is -0.706. The Morgan fingerprint density at radius 2 is 0.769 bits per heavy atom. The van der Waals surface area contributed by atoms with Crippen LogP contribution in [0.15, 0.2) is 12.5 Å². The molecule has 0 spiro atoms. The van der Waals surface area contributed by atoms with Gasteiger partial charge < -0.3 is 40.7 Å². The van der Waals surface area contributed by atoms with Crippen LogP contribution in [-0.2, 0) is 101 Å². The van der Waals surface area contributed by atoms with Crippen LogP contribution in [0.25, 0.3) is 0 Å². The van der Waals surface area contributed by atoms with Gasteiger partial charge in [-0.15, -0.1) is 0 Å². The third-order valence-corrected chi connectivity index (χ3v) is 28.0. The smallest absolute Gasteiger partial charge is 0.314 e. The maximum Gasteiger partial charge on any atom is 0.314 e. The Labute approximate surface area is 391 Å². The van der Waals surface area contributed by atoms with Gasteiger partial charge in [-0.1, -0.05) is 64.2 Å². The molecule has 0 atom stereocenters. The molecule has 0 heterocycles. The van der Waals surface area contributed by atoms with E-state index in [-0.39, 0.29) is 13.2 Å². The molecule has 0 radical (unpaired) electrons. The molecule has 0 aliphatic rings. The Morgan fingerprint density at radius 3 is 1.23 bits per heavy atom. The van der Waals surface area contributed by atoms with Crippen LogP contribution in [0, 0.1) is 0 Å². The van der Waals surface area contributed by atoms with Gasteiger partial charge in [0.15, 0.2) is 22.9 Å². The lowest BCUT2D eigenvalue weighted by Gasteiger charge is -2.42. The first-order valence-corrected chi connectivity index (χ1v) is 37.2. The van der Waals surface area contributed by atoms with E-state index in [0.717, 1.165) is 57.1 Å². The molecular formula is C37H83O23Si5+. The topological polar surface area (TPSA) is 235 Å². The number of aliphatic hydroxyl groups is 1. The SMILES string of the molecule is C[Si](C)(CCCO/C=C\OOOOOOOOOOOOOOCCO)O[Si](C)(C)O[Si](C)(C)O[Si](C)(C)O[Si](C)(C)CCCOCCOCCCCCCCCCCCCCCC=[OH+]. The van der Waals surface area contributed by atoms with Gasteiger partial charge in [-0.05, 0) is 133 Å². The Bertz CT molecular complexity index is 1120. The van der Waals surface area contributed by atoms with Crippen LogP contribution in [0.2, 0.25) is 77.6 Å². The van der Waals surface area contributed by atoms with E-state index in [1.54, 1.807) is 0 Å². The molecule has 65 heavy (non-hydrogen) atoms. The molecule has 0 rings (SSSR count). The monoisotopic (exact) mass is 1040 g/mol. The Balaban J connectivity index is 4.02. The molecular weight excluding hydrogens is 953 g/mol. The second-order valence-electron chi connectivity index (χ2n) is 17.4. The molecule has 0 fully saturated rings. The lowest BCUT2D eigenvalue weighted by Crippen LogP contribution is -2.58. The van der Waals surface area contributed by atoms with Gasteiger partial charge in [-0.3, -0.25) is 4.79 Å². The van der Waals surface area contributed by atoms with E-state index in [1.807, 2.05) is 0 Å². The molecule has 0 unspecified atom stereocenters. The molecule has 388 valence electrons. The summed E-state index contributed by atoms with van der Waals surface area (Å²) in [4.78, 5) is 17.4. The molecule has 0 aliphatic heterocycles. The normalized spacial score (nSPS) is 13.0. The van der Waals surface area contributed by atoms with Crippen molar-refractivity contribution in [2.75, 3.05) is 46.2 Å². The van der Waals surface area contributed by atoms with Gasteiger partial charge in [0.2, 0.25) is 0 Å². The maximum absolute atomic E-state index is 8.71. The highest BCUT2D eigenvalue weighted by Crippen LogP contribution is 2.28. The highest BCUT2D eigenvalue weighted by Gasteiger charge is 2.45. The predicted octanol–water partition coefficient (Wildman–Crippen LogP) is 9.24. The van der Waals surface area contributed by atoms with E-state index in [4.69, 9.17) is 40.6 Å². The average molecular weight is 1040 g/mol. The predicted molar refractivity (Wildman–Crippen MR) is 242 cm³/mol. The third-order valence-electron chi connectivity index (χ3n) is 8.65. The molecule has 0 saturated heterocycles. The number of aliphatic hydroxyl groups excluding tert-OH is 1. The third kappa shape index (κ3) is 46.8. The fraction of sp³-hybridized carbons (Fsp3) is 0.919. The van der Waals surface area contributed by atoms with Crippen molar-refractivity contribution in [3.05, 3.63) is 12.5 Å². The fourth-order valence-corrected chi connectivity index (χ4v) is 31.3. The van der Waals surface area contributed by atoms with Crippen LogP contribution in [0.1, 0.15) is 96.3 Å². The van der Waals surface area contributed by atoms with Gasteiger partial charge in [0.05, 0.1) is 32.8 Å². The zero-order valence-corrected chi connectivity index (χ0v) is 45.7. The van der Waals surface area contributed by atoms with Crippen LogP contribution in [0.5, 0.6) is 0 Å². The molecule has 0 bridgehead atoms. The van der Waals surface area contributed by atoms with Crippen molar-refractivity contribution in [2.45, 2.75) is 174 Å². The summed E-state index contributed by atoms with van der Waals surface area (Å²) in [6, 6.07) is 1.82. The minimum absolute atomic E-state index is 0.189. The number of rotatable bonds is 51. The van der Waals surface area contributed by atoms with Gasteiger partial charge in [-0.25, -0.2) is 4.89 Å². The van der Waals surface area contributed by atoms with Gasteiger partial charge in [0.1, 0.15) is 12.9 Å². The van der Waals surface area contributed by atoms with E-state index >= 15 is 0 Å². The zero-order valence-electron chi connectivity index (χ0n) is 40.7. The number of unbranched alkanes of at least 4 members (excludes halogenated alkanes) is 12. The first-order chi connectivity index (χ1) is 30.9. The number of aldehydes is 1.